The Bertz CT molecular complexity index is 1170. The average molecular weight is 432 g/mol. The van der Waals surface area contributed by atoms with Crippen molar-refractivity contribution >= 4 is 45.6 Å². The van der Waals surface area contributed by atoms with Crippen molar-refractivity contribution in [1.29, 1.82) is 0 Å². The number of hydrogen-bond acceptors (Lipinski definition) is 5. The zero-order valence-corrected chi connectivity index (χ0v) is 17.8. The van der Waals surface area contributed by atoms with Crippen molar-refractivity contribution in [3.8, 4) is 5.75 Å². The number of nitrogens with one attached hydrogen (secondary N) is 3. The van der Waals surface area contributed by atoms with E-state index in [0.717, 1.165) is 10.8 Å². The van der Waals surface area contributed by atoms with Crippen LogP contribution in [0.1, 0.15) is 20.3 Å². The number of hydrogen-bond donors (Lipinski definition) is 3. The maximum Gasteiger partial charge on any atom is 0.277 e. The maximum absolute atomic E-state index is 12.3. The molecule has 0 aliphatic carbocycles. The van der Waals surface area contributed by atoms with Gasteiger partial charge in [0, 0.05) is 12.6 Å². The monoisotopic (exact) mass is 432 g/mol. The largest absolute Gasteiger partial charge is 0.484 e. The van der Waals surface area contributed by atoms with Crippen molar-refractivity contribution in [2.45, 2.75) is 20.3 Å². The zero-order valence-electron chi connectivity index (χ0n) is 17.8. The first-order valence-corrected chi connectivity index (χ1v) is 10.0. The summed E-state index contributed by atoms with van der Waals surface area (Å²) in [4.78, 5) is 35.6. The number of benzene rings is 3. The third-order valence-corrected chi connectivity index (χ3v) is 4.39. The van der Waals surface area contributed by atoms with E-state index >= 15 is 0 Å². The molecule has 0 saturated heterocycles. The van der Waals surface area contributed by atoms with E-state index in [0.29, 0.717) is 22.8 Å². The molecule has 164 valence electrons. The number of para-hydroxylation sites is 2. The van der Waals surface area contributed by atoms with Gasteiger partial charge in [-0.1, -0.05) is 42.5 Å². The number of carbonyl (C=O) groups excluding carboxylic acids is 3. The van der Waals surface area contributed by atoms with Crippen molar-refractivity contribution in [3.63, 3.8) is 0 Å². The highest BCUT2D eigenvalue weighted by Gasteiger charge is 2.09. The van der Waals surface area contributed by atoms with Gasteiger partial charge in [-0.3, -0.25) is 14.4 Å². The van der Waals surface area contributed by atoms with Crippen molar-refractivity contribution < 1.29 is 19.1 Å². The Hall–Kier alpha value is -4.20. The number of amides is 3. The second kappa shape index (κ2) is 10.7. The first-order valence-electron chi connectivity index (χ1n) is 10.0. The summed E-state index contributed by atoms with van der Waals surface area (Å²) in [6.45, 7) is 2.82. The third-order valence-electron chi connectivity index (χ3n) is 4.39. The highest BCUT2D eigenvalue weighted by atomic mass is 16.5. The van der Waals surface area contributed by atoms with Gasteiger partial charge in [0.05, 0.1) is 17.8 Å². The van der Waals surface area contributed by atoms with E-state index in [2.05, 4.69) is 21.2 Å². The van der Waals surface area contributed by atoms with Crippen LogP contribution in [0.4, 0.5) is 11.4 Å². The maximum atomic E-state index is 12.3. The lowest BCUT2D eigenvalue weighted by Crippen LogP contribution is -2.26. The standard InChI is InChI=1S/C24H24N4O4/c1-16(13-23(30)26-22-10-6-5-9-21(22)25-17(2)29)27-28-24(31)15-32-20-12-11-18-7-3-4-8-19(18)14-20/h3-12,14H,13,15H2,1-2H3,(H,25,29)(H,26,30)(H,28,31). The summed E-state index contributed by atoms with van der Waals surface area (Å²) >= 11 is 0. The van der Waals surface area contributed by atoms with Crippen molar-refractivity contribution in [2.24, 2.45) is 5.10 Å². The van der Waals surface area contributed by atoms with Gasteiger partial charge in [-0.15, -0.1) is 0 Å². The normalized spacial score (nSPS) is 11.0. The van der Waals surface area contributed by atoms with Gasteiger partial charge in [-0.25, -0.2) is 5.43 Å². The average Bonchev–Trinajstić information content (AvgIpc) is 2.77. The summed E-state index contributed by atoms with van der Waals surface area (Å²) in [6, 6.07) is 20.3. The number of carbonyl (C=O) groups is 3. The number of fused-ring (bicyclic) bond motifs is 1. The molecular weight excluding hydrogens is 408 g/mol. The molecule has 0 saturated carbocycles. The lowest BCUT2D eigenvalue weighted by molar-refractivity contribution is -0.123. The van der Waals surface area contributed by atoms with E-state index in [1.807, 2.05) is 36.4 Å². The molecule has 0 atom stereocenters. The van der Waals surface area contributed by atoms with Gasteiger partial charge < -0.3 is 15.4 Å². The summed E-state index contributed by atoms with van der Waals surface area (Å²) in [5, 5.41) is 11.4. The fourth-order valence-electron chi connectivity index (χ4n) is 2.95. The molecule has 0 spiro atoms. The van der Waals surface area contributed by atoms with E-state index in [1.54, 1.807) is 37.3 Å². The molecule has 3 aromatic carbocycles. The molecule has 3 rings (SSSR count). The quantitative estimate of drug-likeness (QED) is 0.372. The van der Waals surface area contributed by atoms with Crippen molar-refractivity contribution in [3.05, 3.63) is 66.7 Å². The molecule has 32 heavy (non-hydrogen) atoms. The predicted octanol–water partition coefficient (Wildman–Crippen LogP) is 3.70. The molecule has 0 aliphatic heterocycles. The number of rotatable bonds is 8. The Balaban J connectivity index is 1.48. The summed E-state index contributed by atoms with van der Waals surface area (Å²) in [5.41, 5.74) is 3.78. The van der Waals surface area contributed by atoms with Crippen LogP contribution in [-0.2, 0) is 14.4 Å². The van der Waals surface area contributed by atoms with Crippen LogP contribution < -0.4 is 20.8 Å². The molecule has 0 unspecified atom stereocenters. The van der Waals surface area contributed by atoms with Gasteiger partial charge in [-0.05, 0) is 42.0 Å². The highest BCUT2D eigenvalue weighted by Crippen LogP contribution is 2.21. The number of hydrazone groups is 1. The SMILES string of the molecule is CC(=O)Nc1ccccc1NC(=O)CC(C)=NNC(=O)COc1ccc2ccccc2c1. The van der Waals surface area contributed by atoms with Crippen molar-refractivity contribution in [2.75, 3.05) is 17.2 Å². The first kappa shape index (κ1) is 22.5. The van der Waals surface area contributed by atoms with Gasteiger partial charge in [0.1, 0.15) is 5.75 Å². The highest BCUT2D eigenvalue weighted by molar-refractivity contribution is 6.07. The Morgan fingerprint density at radius 2 is 1.47 bits per heavy atom. The molecule has 0 aromatic heterocycles. The van der Waals surface area contributed by atoms with Gasteiger partial charge in [0.15, 0.2) is 6.61 Å². The Kier molecular flexibility index (Phi) is 7.53. The van der Waals surface area contributed by atoms with Gasteiger partial charge in [0.2, 0.25) is 11.8 Å². The van der Waals surface area contributed by atoms with Crippen molar-refractivity contribution in [1.82, 2.24) is 5.43 Å². The Morgan fingerprint density at radius 3 is 2.19 bits per heavy atom. The van der Waals surface area contributed by atoms with Crippen LogP contribution in [0, 0.1) is 0 Å². The second-order valence-electron chi connectivity index (χ2n) is 7.13. The van der Waals surface area contributed by atoms with E-state index in [4.69, 9.17) is 4.74 Å². The molecular formula is C24H24N4O4. The fourth-order valence-corrected chi connectivity index (χ4v) is 2.95. The molecule has 3 aromatic rings. The minimum atomic E-state index is -0.436. The van der Waals surface area contributed by atoms with Crippen LogP contribution in [0.3, 0.4) is 0 Å². The molecule has 3 amide bonds. The fraction of sp³-hybridized carbons (Fsp3) is 0.167. The van der Waals surface area contributed by atoms with Crippen LogP contribution in [0.25, 0.3) is 10.8 Å². The lowest BCUT2D eigenvalue weighted by atomic mass is 10.1. The van der Waals surface area contributed by atoms with E-state index in [1.165, 1.54) is 6.92 Å². The topological polar surface area (TPSA) is 109 Å². The number of anilines is 2. The number of ether oxygens (including phenoxy) is 1. The van der Waals surface area contributed by atoms with Gasteiger partial charge in [0.25, 0.3) is 5.91 Å². The smallest absolute Gasteiger partial charge is 0.277 e. The first-order chi connectivity index (χ1) is 15.4. The minimum absolute atomic E-state index is 0.0276. The molecule has 0 bridgehead atoms. The van der Waals surface area contributed by atoms with E-state index in [-0.39, 0.29) is 24.8 Å². The van der Waals surface area contributed by atoms with Crippen LogP contribution >= 0.6 is 0 Å². The Morgan fingerprint density at radius 1 is 0.812 bits per heavy atom. The van der Waals surface area contributed by atoms with E-state index in [9.17, 15) is 14.4 Å². The molecule has 0 fully saturated rings. The summed E-state index contributed by atoms with van der Waals surface area (Å²) in [7, 11) is 0. The third kappa shape index (κ3) is 6.66. The van der Waals surface area contributed by atoms with Crippen LogP contribution in [0.5, 0.6) is 5.75 Å². The molecule has 3 N–H and O–H groups in total. The molecule has 0 aliphatic rings. The molecule has 0 heterocycles. The van der Waals surface area contributed by atoms with Gasteiger partial charge >= 0.3 is 0 Å². The summed E-state index contributed by atoms with van der Waals surface area (Å²) in [5.74, 6) is -0.422. The predicted molar refractivity (Wildman–Crippen MR) is 125 cm³/mol. The van der Waals surface area contributed by atoms with Crippen LogP contribution in [0.2, 0.25) is 0 Å². The Labute approximate surface area is 185 Å². The summed E-state index contributed by atoms with van der Waals surface area (Å²) < 4.78 is 5.52. The number of nitrogens with zero attached hydrogens (tertiary/aromatic N) is 1. The molecule has 0 radical (unpaired) electrons. The zero-order chi connectivity index (χ0) is 22.9. The minimum Gasteiger partial charge on any atom is -0.484 e. The van der Waals surface area contributed by atoms with E-state index < -0.39 is 5.91 Å². The second-order valence-corrected chi connectivity index (χ2v) is 7.13. The summed E-state index contributed by atoms with van der Waals surface area (Å²) in [6.07, 6.45) is -0.0276. The lowest BCUT2D eigenvalue weighted by Gasteiger charge is -2.11. The molecule has 8 heteroatoms. The van der Waals surface area contributed by atoms with Gasteiger partial charge in [-0.2, -0.15) is 5.10 Å². The van der Waals surface area contributed by atoms with Crippen LogP contribution in [0.15, 0.2) is 71.8 Å². The van der Waals surface area contributed by atoms with Crippen LogP contribution in [-0.4, -0.2) is 30.0 Å². The molecule has 8 nitrogen and oxygen atoms in total.